The molecule has 1 aromatic heterocycles. The van der Waals surface area contributed by atoms with Crippen LogP contribution in [-0.2, 0) is 0 Å². The second-order valence-corrected chi connectivity index (χ2v) is 9.16. The minimum atomic E-state index is 0.165. The molecule has 1 heterocycles. The summed E-state index contributed by atoms with van der Waals surface area (Å²) in [6.07, 6.45) is 3.22. The lowest BCUT2D eigenvalue weighted by molar-refractivity contribution is 0.474. The number of fused-ring (bicyclic) bond motifs is 1. The molecule has 2 N–H and O–H groups in total. The smallest absolute Gasteiger partial charge is 0.144 e. The number of hydrogen-bond acceptors (Lipinski definition) is 7. The highest BCUT2D eigenvalue weighted by Gasteiger charge is 2.07. The Morgan fingerprint density at radius 1 is 0.714 bits per heavy atom. The van der Waals surface area contributed by atoms with E-state index in [2.05, 4.69) is 9.98 Å². The van der Waals surface area contributed by atoms with E-state index in [9.17, 15) is 10.2 Å². The molecule has 0 saturated carbocycles. The Morgan fingerprint density at radius 2 is 1.14 bits per heavy atom. The normalized spacial score (nSPS) is 11.7. The van der Waals surface area contributed by atoms with Crippen molar-refractivity contribution in [3.63, 3.8) is 0 Å². The lowest BCUT2D eigenvalue weighted by atomic mass is 10.2. The third kappa shape index (κ3) is 4.01. The van der Waals surface area contributed by atoms with Crippen molar-refractivity contribution < 1.29 is 10.2 Å². The molecule has 0 amide bonds. The zero-order valence-electron chi connectivity index (χ0n) is 14.4. The van der Waals surface area contributed by atoms with Crippen LogP contribution in [0.4, 0.5) is 11.4 Å². The molecule has 0 aliphatic carbocycles. The molecule has 3 aromatic carbocycles. The van der Waals surface area contributed by atoms with E-state index in [4.69, 9.17) is 12.2 Å². The molecule has 0 atom stereocenters. The fourth-order valence-corrected chi connectivity index (χ4v) is 5.09. The van der Waals surface area contributed by atoms with Crippen molar-refractivity contribution >= 4 is 68.1 Å². The number of aromatic hydroxyl groups is 2. The quantitative estimate of drug-likeness (QED) is 0.287. The lowest BCUT2D eigenvalue weighted by Crippen LogP contribution is -1.83. The third-order valence-electron chi connectivity index (χ3n) is 3.99. The van der Waals surface area contributed by atoms with Gasteiger partial charge in [0.1, 0.15) is 14.6 Å². The summed E-state index contributed by atoms with van der Waals surface area (Å²) >= 11 is 8.38. The Hall–Kier alpha value is -2.87. The standard InChI is InChI=1S/C21H14N2O2S3/c24-17-7-3-1-5-13(17)11-22-15-9-19-20(28-21(26)27-19)10-16(15)23-12-14-6-2-4-8-18(14)25/h1-12,24-25H. The molecule has 0 radical (unpaired) electrons. The fourth-order valence-electron chi connectivity index (χ4n) is 2.58. The fraction of sp³-hybridized carbons (Fsp3) is 0. The van der Waals surface area contributed by atoms with Gasteiger partial charge in [0.05, 0.1) is 11.4 Å². The number of hydrogen-bond donors (Lipinski definition) is 2. The zero-order chi connectivity index (χ0) is 19.5. The molecule has 7 heteroatoms. The van der Waals surface area contributed by atoms with Crippen LogP contribution in [0.25, 0.3) is 9.40 Å². The van der Waals surface area contributed by atoms with Crippen molar-refractivity contribution in [3.8, 4) is 11.5 Å². The number of benzene rings is 3. The summed E-state index contributed by atoms with van der Waals surface area (Å²) in [4.78, 5) is 9.09. The van der Waals surface area contributed by atoms with E-state index in [0.717, 1.165) is 12.5 Å². The van der Waals surface area contributed by atoms with Gasteiger partial charge in [-0.05, 0) is 36.4 Å². The predicted molar refractivity (Wildman–Crippen MR) is 121 cm³/mol. The second kappa shape index (κ2) is 8.02. The molecule has 0 aliphatic rings. The van der Waals surface area contributed by atoms with Crippen molar-refractivity contribution in [3.05, 3.63) is 74.9 Å². The van der Waals surface area contributed by atoms with Gasteiger partial charge in [-0.15, -0.1) is 22.7 Å². The lowest BCUT2D eigenvalue weighted by Gasteiger charge is -2.03. The first-order valence-corrected chi connectivity index (χ1v) is 10.4. The molecule has 0 spiro atoms. The molecule has 28 heavy (non-hydrogen) atoms. The van der Waals surface area contributed by atoms with Gasteiger partial charge >= 0.3 is 0 Å². The minimum Gasteiger partial charge on any atom is -0.507 e. The van der Waals surface area contributed by atoms with Crippen LogP contribution >= 0.6 is 34.9 Å². The van der Waals surface area contributed by atoms with Gasteiger partial charge in [-0.2, -0.15) is 0 Å². The molecule has 4 nitrogen and oxygen atoms in total. The number of phenols is 2. The Kier molecular flexibility index (Phi) is 5.29. The maximum atomic E-state index is 9.96. The van der Waals surface area contributed by atoms with Gasteiger partial charge in [-0.25, -0.2) is 0 Å². The number of phenolic OH excluding ortho intramolecular Hbond substituents is 2. The number of rotatable bonds is 4. The Balaban J connectivity index is 1.79. The van der Waals surface area contributed by atoms with Crippen LogP contribution in [0.3, 0.4) is 0 Å². The Bertz CT molecular complexity index is 1180. The predicted octanol–water partition coefficient (Wildman–Crippen LogP) is 6.60. The maximum Gasteiger partial charge on any atom is 0.144 e. The summed E-state index contributed by atoms with van der Waals surface area (Å²) in [5, 5.41) is 19.9. The average Bonchev–Trinajstić information content (AvgIpc) is 3.05. The van der Waals surface area contributed by atoms with Crippen molar-refractivity contribution in [1.82, 2.24) is 0 Å². The first kappa shape index (κ1) is 18.5. The average molecular weight is 423 g/mol. The van der Waals surface area contributed by atoms with Gasteiger partial charge in [0.25, 0.3) is 0 Å². The SMILES string of the molecule is Oc1ccccc1C=Nc1cc2sc(=S)sc2cc1N=Cc1ccccc1O. The van der Waals surface area contributed by atoms with Crippen molar-refractivity contribution in [2.75, 3.05) is 0 Å². The Morgan fingerprint density at radius 3 is 1.57 bits per heavy atom. The van der Waals surface area contributed by atoms with Gasteiger partial charge in [0.15, 0.2) is 0 Å². The van der Waals surface area contributed by atoms with E-state index in [-0.39, 0.29) is 11.5 Å². The van der Waals surface area contributed by atoms with Gasteiger partial charge in [0, 0.05) is 33.0 Å². The van der Waals surface area contributed by atoms with Crippen molar-refractivity contribution in [1.29, 1.82) is 0 Å². The van der Waals surface area contributed by atoms with Crippen LogP contribution in [-0.4, -0.2) is 22.6 Å². The van der Waals surface area contributed by atoms with Crippen LogP contribution in [0.1, 0.15) is 11.1 Å². The van der Waals surface area contributed by atoms with E-state index >= 15 is 0 Å². The molecule has 4 rings (SSSR count). The molecular weight excluding hydrogens is 408 g/mol. The van der Waals surface area contributed by atoms with Gasteiger partial charge in [-0.1, -0.05) is 36.5 Å². The molecule has 0 saturated heterocycles. The minimum absolute atomic E-state index is 0.165. The molecular formula is C21H14N2O2S3. The van der Waals surface area contributed by atoms with Crippen LogP contribution < -0.4 is 0 Å². The Labute approximate surface area is 174 Å². The second-order valence-electron chi connectivity index (χ2n) is 5.88. The summed E-state index contributed by atoms with van der Waals surface area (Å²) in [7, 11) is 0. The molecule has 4 aromatic rings. The number of nitrogens with zero attached hydrogens (tertiary/aromatic N) is 2. The highest BCUT2D eigenvalue weighted by atomic mass is 32.2. The first-order chi connectivity index (χ1) is 13.6. The third-order valence-corrected chi connectivity index (χ3v) is 6.56. The monoisotopic (exact) mass is 422 g/mol. The summed E-state index contributed by atoms with van der Waals surface area (Å²) < 4.78 is 2.93. The molecule has 0 unspecified atom stereocenters. The van der Waals surface area contributed by atoms with Crippen LogP contribution in [0.2, 0.25) is 0 Å². The highest BCUT2D eigenvalue weighted by Crippen LogP contribution is 2.38. The summed E-state index contributed by atoms with van der Waals surface area (Å²) in [6.45, 7) is 0. The largest absolute Gasteiger partial charge is 0.507 e. The zero-order valence-corrected chi connectivity index (χ0v) is 16.9. The summed E-state index contributed by atoms with van der Waals surface area (Å²) in [5.41, 5.74) is 2.56. The molecule has 0 aliphatic heterocycles. The molecule has 0 bridgehead atoms. The van der Waals surface area contributed by atoms with E-state index in [1.807, 2.05) is 24.3 Å². The number of aliphatic imine (C=N–C) groups is 2. The topological polar surface area (TPSA) is 65.2 Å². The van der Waals surface area contributed by atoms with Crippen molar-refractivity contribution in [2.24, 2.45) is 9.98 Å². The molecule has 0 fully saturated rings. The molecule has 138 valence electrons. The van der Waals surface area contributed by atoms with Crippen molar-refractivity contribution in [2.45, 2.75) is 0 Å². The number of para-hydroxylation sites is 2. The highest BCUT2D eigenvalue weighted by molar-refractivity contribution is 7.77. The summed E-state index contributed by atoms with van der Waals surface area (Å²) in [5.74, 6) is 0.329. The van der Waals surface area contributed by atoms with E-state index in [1.165, 1.54) is 22.7 Å². The van der Waals surface area contributed by atoms with Crippen LogP contribution in [0, 0.1) is 3.14 Å². The van der Waals surface area contributed by atoms with E-state index in [1.54, 1.807) is 48.8 Å². The van der Waals surface area contributed by atoms with Gasteiger partial charge in [-0.3, -0.25) is 9.98 Å². The van der Waals surface area contributed by atoms with Gasteiger partial charge in [0.2, 0.25) is 0 Å². The van der Waals surface area contributed by atoms with E-state index < -0.39 is 0 Å². The van der Waals surface area contributed by atoms with Crippen LogP contribution in [0.15, 0.2) is 70.6 Å². The first-order valence-electron chi connectivity index (χ1n) is 8.32. The van der Waals surface area contributed by atoms with Crippen LogP contribution in [0.5, 0.6) is 11.5 Å². The summed E-state index contributed by atoms with van der Waals surface area (Å²) in [6, 6.07) is 17.9. The van der Waals surface area contributed by atoms with E-state index in [0.29, 0.717) is 22.5 Å². The van der Waals surface area contributed by atoms with Gasteiger partial charge < -0.3 is 10.2 Å². The maximum absolute atomic E-state index is 9.96.